The normalized spacial score (nSPS) is 10.7. The second-order valence-corrected chi connectivity index (χ2v) is 4.57. The number of carbonyl (C=O) groups excluding carboxylic acids is 1. The standard InChI is InChI=1S/C14H10ClN3O2/c15-13-7-11(10-3-1-2-4-12(10)17-13)14(19)16-8-9-5-6-20-18-9/h1-7H,8H2,(H,16,19). The minimum absolute atomic E-state index is 0.228. The van der Waals surface area contributed by atoms with Gasteiger partial charge in [0.15, 0.2) is 0 Å². The van der Waals surface area contributed by atoms with Crippen molar-refractivity contribution < 1.29 is 9.32 Å². The van der Waals surface area contributed by atoms with Crippen LogP contribution < -0.4 is 5.32 Å². The lowest BCUT2D eigenvalue weighted by atomic mass is 10.1. The minimum atomic E-state index is -0.228. The van der Waals surface area contributed by atoms with E-state index < -0.39 is 0 Å². The highest BCUT2D eigenvalue weighted by atomic mass is 35.5. The van der Waals surface area contributed by atoms with Crippen LogP contribution in [-0.2, 0) is 6.54 Å². The lowest BCUT2D eigenvalue weighted by Gasteiger charge is -2.07. The fourth-order valence-electron chi connectivity index (χ4n) is 1.93. The van der Waals surface area contributed by atoms with Gasteiger partial charge in [-0.1, -0.05) is 35.0 Å². The van der Waals surface area contributed by atoms with Crippen molar-refractivity contribution >= 4 is 28.4 Å². The molecule has 0 saturated carbocycles. The number of rotatable bonds is 3. The van der Waals surface area contributed by atoms with E-state index in [9.17, 15) is 4.79 Å². The number of carbonyl (C=O) groups is 1. The Kier molecular flexibility index (Phi) is 3.35. The molecular weight excluding hydrogens is 278 g/mol. The van der Waals surface area contributed by atoms with Crippen molar-refractivity contribution in [1.82, 2.24) is 15.5 Å². The number of hydrogen-bond acceptors (Lipinski definition) is 4. The zero-order valence-corrected chi connectivity index (χ0v) is 11.1. The van der Waals surface area contributed by atoms with Gasteiger partial charge in [-0.2, -0.15) is 0 Å². The van der Waals surface area contributed by atoms with Crippen LogP contribution in [0.4, 0.5) is 0 Å². The molecule has 0 atom stereocenters. The number of benzene rings is 1. The van der Waals surface area contributed by atoms with Crippen LogP contribution in [0.1, 0.15) is 16.1 Å². The second-order valence-electron chi connectivity index (χ2n) is 4.18. The van der Waals surface area contributed by atoms with Crippen LogP contribution in [0.5, 0.6) is 0 Å². The molecule has 5 nitrogen and oxygen atoms in total. The molecule has 1 N–H and O–H groups in total. The number of hydrogen-bond donors (Lipinski definition) is 1. The van der Waals surface area contributed by atoms with E-state index in [1.54, 1.807) is 12.1 Å². The number of pyridine rings is 1. The summed E-state index contributed by atoms with van der Waals surface area (Å²) in [7, 11) is 0. The Morgan fingerprint density at radius 2 is 2.15 bits per heavy atom. The zero-order chi connectivity index (χ0) is 13.9. The van der Waals surface area contributed by atoms with Gasteiger partial charge in [-0.3, -0.25) is 4.79 Å². The molecule has 0 saturated heterocycles. The summed E-state index contributed by atoms with van der Waals surface area (Å²) in [5.41, 5.74) is 1.83. The van der Waals surface area contributed by atoms with E-state index in [4.69, 9.17) is 16.1 Å². The van der Waals surface area contributed by atoms with Gasteiger partial charge >= 0.3 is 0 Å². The third-order valence-electron chi connectivity index (χ3n) is 2.85. The second kappa shape index (κ2) is 5.30. The molecule has 3 rings (SSSR count). The maximum Gasteiger partial charge on any atom is 0.252 e. The lowest BCUT2D eigenvalue weighted by Crippen LogP contribution is -2.23. The number of amides is 1. The molecule has 6 heteroatoms. The van der Waals surface area contributed by atoms with Gasteiger partial charge in [0, 0.05) is 11.5 Å². The topological polar surface area (TPSA) is 68.0 Å². The third kappa shape index (κ3) is 2.48. The Bertz CT molecular complexity index is 756. The van der Waals surface area contributed by atoms with E-state index in [0.29, 0.717) is 23.3 Å². The van der Waals surface area contributed by atoms with Crippen LogP contribution in [-0.4, -0.2) is 16.0 Å². The van der Waals surface area contributed by atoms with Gasteiger partial charge in [-0.05, 0) is 12.1 Å². The van der Waals surface area contributed by atoms with Crippen molar-refractivity contribution in [3.05, 3.63) is 59.1 Å². The van der Waals surface area contributed by atoms with E-state index in [1.807, 2.05) is 24.3 Å². The molecule has 3 aromatic rings. The largest absolute Gasteiger partial charge is 0.364 e. The molecule has 2 heterocycles. The van der Waals surface area contributed by atoms with E-state index in [0.717, 1.165) is 5.39 Å². The molecule has 0 bridgehead atoms. The van der Waals surface area contributed by atoms with Crippen LogP contribution in [0.2, 0.25) is 5.15 Å². The van der Waals surface area contributed by atoms with Crippen molar-refractivity contribution in [3.63, 3.8) is 0 Å². The number of halogens is 1. The number of aromatic nitrogens is 2. The highest BCUT2D eigenvalue weighted by Crippen LogP contribution is 2.20. The Balaban J connectivity index is 1.90. The first-order valence-electron chi connectivity index (χ1n) is 5.97. The first-order chi connectivity index (χ1) is 9.74. The van der Waals surface area contributed by atoms with Crippen LogP contribution >= 0.6 is 11.6 Å². The molecule has 0 aliphatic carbocycles. The maximum absolute atomic E-state index is 12.3. The van der Waals surface area contributed by atoms with Crippen LogP contribution in [0, 0.1) is 0 Å². The molecule has 0 unspecified atom stereocenters. The highest BCUT2D eigenvalue weighted by molar-refractivity contribution is 6.30. The fourth-order valence-corrected chi connectivity index (χ4v) is 2.13. The summed E-state index contributed by atoms with van der Waals surface area (Å²) < 4.78 is 4.71. The van der Waals surface area contributed by atoms with E-state index in [2.05, 4.69) is 15.5 Å². The van der Waals surface area contributed by atoms with Gasteiger partial charge in [-0.25, -0.2) is 4.98 Å². The lowest BCUT2D eigenvalue weighted by molar-refractivity contribution is 0.0951. The Morgan fingerprint density at radius 3 is 2.95 bits per heavy atom. The molecule has 0 aliphatic heterocycles. The van der Waals surface area contributed by atoms with Crippen molar-refractivity contribution in [2.75, 3.05) is 0 Å². The predicted molar refractivity (Wildman–Crippen MR) is 74.4 cm³/mol. The third-order valence-corrected chi connectivity index (χ3v) is 3.04. The molecular formula is C14H10ClN3O2. The summed E-state index contributed by atoms with van der Waals surface area (Å²) in [6.07, 6.45) is 1.46. The summed E-state index contributed by atoms with van der Waals surface area (Å²) in [6.45, 7) is 0.295. The molecule has 20 heavy (non-hydrogen) atoms. The van der Waals surface area contributed by atoms with Gasteiger partial charge in [-0.15, -0.1) is 0 Å². The maximum atomic E-state index is 12.3. The molecule has 0 fully saturated rings. The highest BCUT2D eigenvalue weighted by Gasteiger charge is 2.12. The number of nitrogens with zero attached hydrogens (tertiary/aromatic N) is 2. The van der Waals surface area contributed by atoms with Crippen molar-refractivity contribution in [3.8, 4) is 0 Å². The SMILES string of the molecule is O=C(NCc1ccon1)c1cc(Cl)nc2ccccc12. The van der Waals surface area contributed by atoms with Gasteiger partial charge < -0.3 is 9.84 Å². The summed E-state index contributed by atoms with van der Waals surface area (Å²) in [4.78, 5) is 16.4. The summed E-state index contributed by atoms with van der Waals surface area (Å²) in [6, 6.07) is 10.6. The first kappa shape index (κ1) is 12.6. The summed E-state index contributed by atoms with van der Waals surface area (Å²) >= 11 is 5.95. The van der Waals surface area contributed by atoms with Gasteiger partial charge in [0.2, 0.25) is 0 Å². The fraction of sp³-hybridized carbons (Fsp3) is 0.0714. The van der Waals surface area contributed by atoms with Crippen LogP contribution in [0.15, 0.2) is 47.2 Å². The molecule has 1 amide bonds. The molecule has 0 spiro atoms. The van der Waals surface area contributed by atoms with Gasteiger partial charge in [0.25, 0.3) is 5.91 Å². The number of nitrogens with one attached hydrogen (secondary N) is 1. The predicted octanol–water partition coefficient (Wildman–Crippen LogP) is 2.81. The van der Waals surface area contributed by atoms with Crippen molar-refractivity contribution in [1.29, 1.82) is 0 Å². The molecule has 1 aromatic carbocycles. The Morgan fingerprint density at radius 1 is 1.30 bits per heavy atom. The zero-order valence-electron chi connectivity index (χ0n) is 10.3. The smallest absolute Gasteiger partial charge is 0.252 e. The minimum Gasteiger partial charge on any atom is -0.364 e. The summed E-state index contributed by atoms with van der Waals surface area (Å²) in [5, 5.41) is 7.55. The molecule has 0 radical (unpaired) electrons. The van der Waals surface area contributed by atoms with Gasteiger partial charge in [0.05, 0.1) is 17.6 Å². The van der Waals surface area contributed by atoms with Crippen LogP contribution in [0.3, 0.4) is 0 Å². The van der Waals surface area contributed by atoms with Crippen molar-refractivity contribution in [2.24, 2.45) is 0 Å². The average Bonchev–Trinajstić information content (AvgIpc) is 2.97. The van der Waals surface area contributed by atoms with Crippen LogP contribution in [0.25, 0.3) is 10.9 Å². The first-order valence-corrected chi connectivity index (χ1v) is 6.34. The van der Waals surface area contributed by atoms with Crippen molar-refractivity contribution in [2.45, 2.75) is 6.54 Å². The number of para-hydroxylation sites is 1. The summed E-state index contributed by atoms with van der Waals surface area (Å²) in [5.74, 6) is -0.228. The molecule has 100 valence electrons. The van der Waals surface area contributed by atoms with Gasteiger partial charge in [0.1, 0.15) is 17.1 Å². The molecule has 0 aliphatic rings. The monoisotopic (exact) mass is 287 g/mol. The average molecular weight is 288 g/mol. The Hall–Kier alpha value is -2.40. The Labute approximate surface area is 119 Å². The van der Waals surface area contributed by atoms with E-state index >= 15 is 0 Å². The quantitative estimate of drug-likeness (QED) is 0.752. The molecule has 2 aromatic heterocycles. The number of fused-ring (bicyclic) bond motifs is 1. The van der Waals surface area contributed by atoms with E-state index in [-0.39, 0.29) is 11.1 Å². The van der Waals surface area contributed by atoms with E-state index in [1.165, 1.54) is 6.26 Å².